The van der Waals surface area contributed by atoms with Gasteiger partial charge in [-0.25, -0.2) is 8.42 Å². The minimum Gasteiger partial charge on any atom is -0.494 e. The normalized spacial score (nSPS) is 15.0. The average molecular weight is 429 g/mol. The summed E-state index contributed by atoms with van der Waals surface area (Å²) < 4.78 is 37.9. The molecule has 3 rings (SSSR count). The van der Waals surface area contributed by atoms with Gasteiger partial charge in [-0.2, -0.15) is 4.72 Å². The zero-order chi connectivity index (χ0) is 21.7. The minimum absolute atomic E-state index is 0.0397. The van der Waals surface area contributed by atoms with Crippen LogP contribution in [0, 0.1) is 12.3 Å². The number of fused-ring (bicyclic) bond motifs is 1. The van der Waals surface area contributed by atoms with Crippen molar-refractivity contribution < 1.29 is 22.7 Å². The first-order chi connectivity index (χ1) is 14.3. The van der Waals surface area contributed by atoms with Crippen molar-refractivity contribution in [2.24, 2.45) is 0 Å². The molecular formula is C22H24N2O5S. The van der Waals surface area contributed by atoms with E-state index in [-0.39, 0.29) is 30.0 Å². The second-order valence-electron chi connectivity index (χ2n) is 6.87. The smallest absolute Gasteiger partial charge is 0.251 e. The molecule has 0 aromatic heterocycles. The van der Waals surface area contributed by atoms with E-state index in [1.165, 1.54) is 24.3 Å². The van der Waals surface area contributed by atoms with E-state index in [1.807, 2.05) is 26.0 Å². The molecule has 0 radical (unpaired) electrons. The highest BCUT2D eigenvalue weighted by Gasteiger charge is 2.22. The number of rotatable bonds is 8. The van der Waals surface area contributed by atoms with Gasteiger partial charge in [-0.05, 0) is 50.2 Å². The molecule has 1 aliphatic rings. The first kappa shape index (κ1) is 21.7. The largest absolute Gasteiger partial charge is 0.494 e. The lowest BCUT2D eigenvalue weighted by molar-refractivity contribution is 0.0950. The van der Waals surface area contributed by atoms with Crippen LogP contribution in [0.3, 0.4) is 0 Å². The Hall–Kier alpha value is -3.02. The van der Waals surface area contributed by atoms with Gasteiger partial charge in [0.15, 0.2) is 0 Å². The highest BCUT2D eigenvalue weighted by atomic mass is 32.2. The number of hydrogen-bond acceptors (Lipinski definition) is 5. The molecule has 2 aromatic rings. The topological polar surface area (TPSA) is 93.7 Å². The Morgan fingerprint density at radius 1 is 1.30 bits per heavy atom. The maximum atomic E-state index is 12.5. The monoisotopic (exact) mass is 428 g/mol. The molecule has 0 saturated heterocycles. The van der Waals surface area contributed by atoms with E-state index in [0.29, 0.717) is 12.2 Å². The Kier molecular flexibility index (Phi) is 6.65. The summed E-state index contributed by atoms with van der Waals surface area (Å²) in [6.45, 7) is 4.58. The van der Waals surface area contributed by atoms with Gasteiger partial charge >= 0.3 is 0 Å². The first-order valence-corrected chi connectivity index (χ1v) is 11.1. The highest BCUT2D eigenvalue weighted by molar-refractivity contribution is 7.89. The quantitative estimate of drug-likeness (QED) is 0.629. The van der Waals surface area contributed by atoms with Crippen molar-refractivity contribution in [2.45, 2.75) is 37.8 Å². The lowest BCUT2D eigenvalue weighted by Gasteiger charge is -2.13. The SMILES string of the molecule is C#CCNS(=O)(=O)c1ccc(C(=O)NCc2cc3c(cc2OCC)C[C@H](C)O3)cc1. The summed E-state index contributed by atoms with van der Waals surface area (Å²) in [6.07, 6.45) is 6.02. The van der Waals surface area contributed by atoms with Crippen molar-refractivity contribution in [3.8, 4) is 23.8 Å². The molecule has 0 fully saturated rings. The van der Waals surface area contributed by atoms with Crippen LogP contribution in [0.1, 0.15) is 35.3 Å². The van der Waals surface area contributed by atoms with Crippen molar-refractivity contribution in [3.63, 3.8) is 0 Å². The number of hydrogen-bond donors (Lipinski definition) is 2. The third-order valence-corrected chi connectivity index (χ3v) is 6.03. The molecule has 0 spiro atoms. The molecule has 8 heteroatoms. The van der Waals surface area contributed by atoms with Gasteiger partial charge in [-0.15, -0.1) is 6.42 Å². The average Bonchev–Trinajstić information content (AvgIpc) is 3.09. The summed E-state index contributed by atoms with van der Waals surface area (Å²) >= 11 is 0. The van der Waals surface area contributed by atoms with Crippen LogP contribution in [0.15, 0.2) is 41.3 Å². The number of benzene rings is 2. The molecule has 0 saturated carbocycles. The van der Waals surface area contributed by atoms with E-state index in [4.69, 9.17) is 15.9 Å². The zero-order valence-electron chi connectivity index (χ0n) is 16.9. The third-order valence-electron chi connectivity index (χ3n) is 4.61. The van der Waals surface area contributed by atoms with Crippen molar-refractivity contribution in [3.05, 3.63) is 53.1 Å². The molecule has 7 nitrogen and oxygen atoms in total. The van der Waals surface area contributed by atoms with Gasteiger partial charge in [0.25, 0.3) is 5.91 Å². The summed E-state index contributed by atoms with van der Waals surface area (Å²) in [6, 6.07) is 9.51. The predicted octanol–water partition coefficient (Wildman–Crippen LogP) is 2.25. The molecule has 0 unspecified atom stereocenters. The van der Waals surface area contributed by atoms with E-state index in [1.54, 1.807) is 0 Å². The van der Waals surface area contributed by atoms with E-state index in [2.05, 4.69) is 16.0 Å². The molecule has 1 amide bonds. The van der Waals surface area contributed by atoms with Crippen LogP contribution in [0.25, 0.3) is 0 Å². The Labute approximate surface area is 176 Å². The minimum atomic E-state index is -3.70. The number of carbonyl (C=O) groups is 1. The van der Waals surface area contributed by atoms with Gasteiger partial charge in [0.2, 0.25) is 10.0 Å². The summed E-state index contributed by atoms with van der Waals surface area (Å²) in [7, 11) is -3.70. The number of carbonyl (C=O) groups excluding carboxylic acids is 1. The molecule has 2 aromatic carbocycles. The molecule has 1 heterocycles. The fourth-order valence-electron chi connectivity index (χ4n) is 3.19. The highest BCUT2D eigenvalue weighted by Crippen LogP contribution is 2.35. The number of amides is 1. The third kappa shape index (κ3) is 4.93. The van der Waals surface area contributed by atoms with Crippen LogP contribution >= 0.6 is 0 Å². The van der Waals surface area contributed by atoms with Crippen LogP contribution < -0.4 is 19.5 Å². The van der Waals surface area contributed by atoms with Gasteiger partial charge < -0.3 is 14.8 Å². The fourth-order valence-corrected chi connectivity index (χ4v) is 4.13. The number of sulfonamides is 1. The zero-order valence-corrected chi connectivity index (χ0v) is 17.7. The molecule has 1 aliphatic heterocycles. The van der Waals surface area contributed by atoms with Crippen LogP contribution in [0.2, 0.25) is 0 Å². The number of terminal acetylenes is 1. The second-order valence-corrected chi connectivity index (χ2v) is 8.64. The lowest BCUT2D eigenvalue weighted by Crippen LogP contribution is -2.25. The maximum absolute atomic E-state index is 12.5. The van der Waals surface area contributed by atoms with Crippen molar-refractivity contribution >= 4 is 15.9 Å². The fraction of sp³-hybridized carbons (Fsp3) is 0.318. The number of nitrogens with one attached hydrogen (secondary N) is 2. The molecule has 0 bridgehead atoms. The van der Waals surface area contributed by atoms with Gasteiger partial charge in [-0.1, -0.05) is 5.92 Å². The van der Waals surface area contributed by atoms with E-state index in [9.17, 15) is 13.2 Å². The van der Waals surface area contributed by atoms with Crippen LogP contribution in [0.5, 0.6) is 11.5 Å². The van der Waals surface area contributed by atoms with Crippen molar-refractivity contribution in [2.75, 3.05) is 13.2 Å². The van der Waals surface area contributed by atoms with Gasteiger partial charge in [0.05, 0.1) is 18.0 Å². The summed E-state index contributed by atoms with van der Waals surface area (Å²) in [4.78, 5) is 12.6. The lowest BCUT2D eigenvalue weighted by atomic mass is 10.1. The van der Waals surface area contributed by atoms with E-state index < -0.39 is 10.0 Å². The van der Waals surface area contributed by atoms with Crippen molar-refractivity contribution in [1.29, 1.82) is 0 Å². The maximum Gasteiger partial charge on any atom is 0.251 e. The molecule has 30 heavy (non-hydrogen) atoms. The first-order valence-electron chi connectivity index (χ1n) is 9.60. The number of ether oxygens (including phenoxy) is 2. The van der Waals surface area contributed by atoms with E-state index >= 15 is 0 Å². The Morgan fingerprint density at radius 2 is 2.03 bits per heavy atom. The summed E-state index contributed by atoms with van der Waals surface area (Å²) in [5.41, 5.74) is 2.25. The summed E-state index contributed by atoms with van der Waals surface area (Å²) in [5, 5.41) is 2.84. The molecular weight excluding hydrogens is 404 g/mol. The molecule has 158 valence electrons. The predicted molar refractivity (Wildman–Crippen MR) is 113 cm³/mol. The Bertz CT molecular complexity index is 1070. The summed E-state index contributed by atoms with van der Waals surface area (Å²) in [5.74, 6) is 3.41. The van der Waals surface area contributed by atoms with Crippen LogP contribution in [0.4, 0.5) is 0 Å². The second kappa shape index (κ2) is 9.20. The van der Waals surface area contributed by atoms with Crippen LogP contribution in [-0.4, -0.2) is 33.6 Å². The van der Waals surface area contributed by atoms with Gasteiger partial charge in [-0.3, -0.25) is 4.79 Å². The molecule has 1 atom stereocenters. The van der Waals surface area contributed by atoms with Crippen LogP contribution in [-0.2, 0) is 23.0 Å². The standard InChI is InChI=1S/C22H24N2O5S/c1-4-10-24-30(26,27)19-8-6-16(7-9-19)22(25)23-14-18-13-21-17(11-15(3)29-21)12-20(18)28-5-2/h1,6-9,12-13,15,24H,5,10-11,14H2,2-3H3,(H,23,25)/t15-/m0/s1. The van der Waals surface area contributed by atoms with E-state index in [0.717, 1.165) is 29.0 Å². The van der Waals surface area contributed by atoms with Gasteiger partial charge in [0, 0.05) is 29.7 Å². The molecule has 0 aliphatic carbocycles. The van der Waals surface area contributed by atoms with Gasteiger partial charge in [0.1, 0.15) is 17.6 Å². The Morgan fingerprint density at radius 3 is 2.70 bits per heavy atom. The molecule has 2 N–H and O–H groups in total. The van der Waals surface area contributed by atoms with Crippen molar-refractivity contribution in [1.82, 2.24) is 10.0 Å². The Balaban J connectivity index is 1.70.